The van der Waals surface area contributed by atoms with Gasteiger partial charge < -0.3 is 20.3 Å². The second-order valence-corrected chi connectivity index (χ2v) is 11.1. The molecule has 0 bridgehead atoms. The highest BCUT2D eigenvalue weighted by atomic mass is 16.6. The van der Waals surface area contributed by atoms with Gasteiger partial charge in [-0.1, -0.05) is 69.9 Å². The molecule has 2 unspecified atom stereocenters. The van der Waals surface area contributed by atoms with Gasteiger partial charge in [0.1, 0.15) is 17.7 Å². The lowest BCUT2D eigenvalue weighted by molar-refractivity contribution is -0.143. The Kier molecular flexibility index (Phi) is 10.6. The predicted octanol–water partition coefficient (Wildman–Crippen LogP) is 5.27. The molecule has 7 heteroatoms. The van der Waals surface area contributed by atoms with Crippen molar-refractivity contribution in [2.24, 2.45) is 5.92 Å². The van der Waals surface area contributed by atoms with Crippen molar-refractivity contribution >= 4 is 17.9 Å². The zero-order valence-electron chi connectivity index (χ0n) is 22.6. The maximum Gasteiger partial charge on any atom is 0.408 e. The first kappa shape index (κ1) is 28.7. The summed E-state index contributed by atoms with van der Waals surface area (Å²) in [6.07, 6.45) is 5.37. The van der Waals surface area contributed by atoms with Crippen LogP contribution < -0.4 is 10.6 Å². The van der Waals surface area contributed by atoms with Gasteiger partial charge in [0.25, 0.3) is 0 Å². The Hall–Kier alpha value is -2.57. The Bertz CT molecular complexity index is 856. The molecule has 2 N–H and O–H groups in total. The van der Waals surface area contributed by atoms with E-state index in [1.165, 1.54) is 6.42 Å². The van der Waals surface area contributed by atoms with Gasteiger partial charge in [0, 0.05) is 12.6 Å². The Morgan fingerprint density at radius 2 is 1.77 bits per heavy atom. The average molecular weight is 488 g/mol. The van der Waals surface area contributed by atoms with Crippen LogP contribution in [0, 0.1) is 12.8 Å². The summed E-state index contributed by atoms with van der Waals surface area (Å²) in [5.74, 6) is -0.629. The topological polar surface area (TPSA) is 87.7 Å². The van der Waals surface area contributed by atoms with Crippen LogP contribution in [0.5, 0.6) is 0 Å². The molecule has 1 saturated carbocycles. The van der Waals surface area contributed by atoms with E-state index in [1.54, 1.807) is 25.7 Å². The normalized spacial score (nSPS) is 16.3. The number of alkyl carbamates (subject to hydrolysis) is 1. The zero-order chi connectivity index (χ0) is 26.2. The van der Waals surface area contributed by atoms with E-state index in [0.717, 1.165) is 36.8 Å². The molecule has 3 amide bonds. The molecule has 1 aliphatic rings. The molecule has 0 radical (unpaired) electrons. The van der Waals surface area contributed by atoms with Gasteiger partial charge >= 0.3 is 6.09 Å². The third kappa shape index (κ3) is 8.86. The number of carbonyl (C=O) groups is 3. The largest absolute Gasteiger partial charge is 0.444 e. The molecule has 2 rings (SSSR count). The zero-order valence-corrected chi connectivity index (χ0v) is 22.6. The molecule has 1 aromatic rings. The van der Waals surface area contributed by atoms with Crippen molar-refractivity contribution in [3.63, 3.8) is 0 Å². The minimum absolute atomic E-state index is 0.128. The van der Waals surface area contributed by atoms with Crippen molar-refractivity contribution in [3.05, 3.63) is 35.4 Å². The van der Waals surface area contributed by atoms with E-state index in [1.807, 2.05) is 52.0 Å². The molecule has 2 atom stereocenters. The van der Waals surface area contributed by atoms with Crippen LogP contribution in [-0.2, 0) is 14.3 Å². The van der Waals surface area contributed by atoms with E-state index >= 15 is 0 Å². The van der Waals surface area contributed by atoms with Crippen molar-refractivity contribution in [2.75, 3.05) is 6.54 Å². The van der Waals surface area contributed by atoms with Gasteiger partial charge in [-0.3, -0.25) is 9.59 Å². The van der Waals surface area contributed by atoms with Crippen molar-refractivity contribution in [2.45, 2.75) is 111 Å². The maximum absolute atomic E-state index is 13.9. The highest BCUT2D eigenvalue weighted by Gasteiger charge is 2.37. The lowest BCUT2D eigenvalue weighted by Crippen LogP contribution is -2.55. The molecule has 1 aliphatic carbocycles. The van der Waals surface area contributed by atoms with Crippen LogP contribution in [0.1, 0.15) is 97.2 Å². The summed E-state index contributed by atoms with van der Waals surface area (Å²) in [6, 6.07) is 6.30. The minimum Gasteiger partial charge on any atom is -0.444 e. The van der Waals surface area contributed by atoms with E-state index in [9.17, 15) is 14.4 Å². The molecule has 0 aliphatic heterocycles. The quantitative estimate of drug-likeness (QED) is 0.496. The molecule has 0 spiro atoms. The van der Waals surface area contributed by atoms with E-state index in [2.05, 4.69) is 10.6 Å². The first-order chi connectivity index (χ1) is 16.4. The molecule has 35 heavy (non-hydrogen) atoms. The number of carbonyl (C=O) groups excluding carboxylic acids is 3. The van der Waals surface area contributed by atoms with E-state index in [-0.39, 0.29) is 23.8 Å². The summed E-state index contributed by atoms with van der Waals surface area (Å²) in [5.41, 5.74) is 1.12. The number of nitrogens with zero attached hydrogens (tertiary/aromatic N) is 1. The summed E-state index contributed by atoms with van der Waals surface area (Å²) < 4.78 is 5.42. The summed E-state index contributed by atoms with van der Waals surface area (Å²) in [5, 5.41) is 5.99. The highest BCUT2D eigenvalue weighted by molar-refractivity contribution is 5.92. The smallest absolute Gasteiger partial charge is 0.408 e. The van der Waals surface area contributed by atoms with Crippen molar-refractivity contribution in [1.82, 2.24) is 15.5 Å². The first-order valence-electron chi connectivity index (χ1n) is 13.1. The number of nitrogens with one attached hydrogen (secondary N) is 2. The van der Waals surface area contributed by atoms with Gasteiger partial charge in [-0.15, -0.1) is 0 Å². The third-order valence-corrected chi connectivity index (χ3v) is 6.22. The van der Waals surface area contributed by atoms with Gasteiger partial charge in [-0.2, -0.15) is 0 Å². The number of ether oxygens (including phenoxy) is 1. The Balaban J connectivity index is 2.40. The molecule has 1 aromatic carbocycles. The van der Waals surface area contributed by atoms with Crippen LogP contribution in [0.3, 0.4) is 0 Å². The van der Waals surface area contributed by atoms with Gasteiger partial charge in [-0.25, -0.2) is 4.79 Å². The second-order valence-electron chi connectivity index (χ2n) is 11.1. The fourth-order valence-electron chi connectivity index (χ4n) is 4.57. The number of amides is 3. The van der Waals surface area contributed by atoms with Crippen molar-refractivity contribution in [1.29, 1.82) is 0 Å². The van der Waals surface area contributed by atoms with Gasteiger partial charge in [0.05, 0.1) is 0 Å². The highest BCUT2D eigenvalue weighted by Crippen LogP contribution is 2.26. The van der Waals surface area contributed by atoms with Crippen LogP contribution in [-0.4, -0.2) is 47.0 Å². The lowest BCUT2D eigenvalue weighted by Gasteiger charge is -2.36. The minimum atomic E-state index is -0.814. The summed E-state index contributed by atoms with van der Waals surface area (Å²) in [6.45, 7) is 13.5. The second kappa shape index (κ2) is 12.9. The van der Waals surface area contributed by atoms with Crippen LogP contribution in [0.15, 0.2) is 24.3 Å². The summed E-state index contributed by atoms with van der Waals surface area (Å²) in [7, 11) is 0. The van der Waals surface area contributed by atoms with Crippen LogP contribution in [0.4, 0.5) is 4.79 Å². The third-order valence-electron chi connectivity index (χ3n) is 6.22. The Morgan fingerprint density at radius 1 is 1.11 bits per heavy atom. The average Bonchev–Trinajstić information content (AvgIpc) is 2.76. The number of aryl methyl sites for hydroxylation is 1. The fraction of sp³-hybridized carbons (Fsp3) is 0.679. The molecule has 1 fully saturated rings. The molecule has 0 heterocycles. The maximum atomic E-state index is 13.9. The van der Waals surface area contributed by atoms with E-state index in [0.29, 0.717) is 13.0 Å². The SMILES string of the molecule is CCCN(C(=O)C(NC(=O)OC(C)(C)C)C(C)C)C(C(=O)NC1CCCCC1)c1cccc(C)c1. The summed E-state index contributed by atoms with van der Waals surface area (Å²) >= 11 is 0. The lowest BCUT2D eigenvalue weighted by atomic mass is 9.94. The fourth-order valence-corrected chi connectivity index (χ4v) is 4.57. The molecular weight excluding hydrogens is 442 g/mol. The van der Waals surface area contributed by atoms with Gasteiger partial charge in [0.15, 0.2) is 0 Å². The Labute approximate surface area is 211 Å². The van der Waals surface area contributed by atoms with Gasteiger partial charge in [-0.05, 0) is 58.4 Å². The van der Waals surface area contributed by atoms with Crippen molar-refractivity contribution in [3.8, 4) is 0 Å². The summed E-state index contributed by atoms with van der Waals surface area (Å²) in [4.78, 5) is 41.9. The van der Waals surface area contributed by atoms with Crippen molar-refractivity contribution < 1.29 is 19.1 Å². The van der Waals surface area contributed by atoms with Crippen LogP contribution in [0.2, 0.25) is 0 Å². The van der Waals surface area contributed by atoms with Crippen LogP contribution in [0.25, 0.3) is 0 Å². The molecule has 0 saturated heterocycles. The first-order valence-corrected chi connectivity index (χ1v) is 13.1. The predicted molar refractivity (Wildman–Crippen MR) is 139 cm³/mol. The number of benzene rings is 1. The van der Waals surface area contributed by atoms with E-state index < -0.39 is 23.8 Å². The molecule has 196 valence electrons. The number of rotatable bonds is 9. The number of hydrogen-bond acceptors (Lipinski definition) is 4. The monoisotopic (exact) mass is 487 g/mol. The Morgan fingerprint density at radius 3 is 2.31 bits per heavy atom. The molecular formula is C28H45N3O4. The number of hydrogen-bond donors (Lipinski definition) is 2. The molecule has 7 nitrogen and oxygen atoms in total. The van der Waals surface area contributed by atoms with Crippen LogP contribution >= 0.6 is 0 Å². The van der Waals surface area contributed by atoms with Gasteiger partial charge in [0.2, 0.25) is 11.8 Å². The molecule has 0 aromatic heterocycles. The van der Waals surface area contributed by atoms with E-state index in [4.69, 9.17) is 4.74 Å². The standard InChI is InChI=1S/C28H45N3O4/c1-8-17-31(26(33)23(19(2)3)30-27(34)35-28(5,6)7)24(21-14-12-13-20(4)18-21)25(32)29-22-15-10-9-11-16-22/h12-14,18-19,22-24H,8-11,15-17H2,1-7H3,(H,29,32)(H,30,34).